The molecule has 0 saturated heterocycles. The standard InChI is InChI=1S/C17H16N2O/c1-12-8-9-15(13(2)10-12)17(20)19(3)16-7-5-4-6-14(16)11-18/h4-10H,1-3H3. The summed E-state index contributed by atoms with van der Waals surface area (Å²) in [6, 6.07) is 14.9. The number of hydrogen-bond donors (Lipinski definition) is 0. The lowest BCUT2D eigenvalue weighted by Crippen LogP contribution is -2.27. The molecule has 0 aliphatic carbocycles. The Hall–Kier alpha value is -2.60. The second-order valence-corrected chi connectivity index (χ2v) is 4.81. The number of para-hydroxylation sites is 1. The number of aryl methyl sites for hydroxylation is 2. The van der Waals surface area contributed by atoms with Crippen LogP contribution in [0.4, 0.5) is 5.69 Å². The molecule has 0 atom stereocenters. The number of carbonyl (C=O) groups is 1. The molecule has 0 fully saturated rings. The third-order valence-electron chi connectivity index (χ3n) is 3.30. The quantitative estimate of drug-likeness (QED) is 0.833. The van der Waals surface area contributed by atoms with Gasteiger partial charge in [-0.15, -0.1) is 0 Å². The summed E-state index contributed by atoms with van der Waals surface area (Å²) in [6.07, 6.45) is 0. The van der Waals surface area contributed by atoms with Gasteiger partial charge in [-0.25, -0.2) is 0 Å². The highest BCUT2D eigenvalue weighted by molar-refractivity contribution is 6.07. The molecule has 0 N–H and O–H groups in total. The first-order valence-corrected chi connectivity index (χ1v) is 6.39. The van der Waals surface area contributed by atoms with Gasteiger partial charge < -0.3 is 4.90 Å². The zero-order valence-corrected chi connectivity index (χ0v) is 11.8. The summed E-state index contributed by atoms with van der Waals surface area (Å²) in [7, 11) is 1.69. The maximum Gasteiger partial charge on any atom is 0.258 e. The molecule has 0 aromatic heterocycles. The zero-order chi connectivity index (χ0) is 14.7. The van der Waals surface area contributed by atoms with Crippen molar-refractivity contribution in [3.05, 3.63) is 64.7 Å². The van der Waals surface area contributed by atoms with E-state index in [2.05, 4.69) is 6.07 Å². The van der Waals surface area contributed by atoms with E-state index in [0.29, 0.717) is 16.8 Å². The van der Waals surface area contributed by atoms with E-state index in [-0.39, 0.29) is 5.91 Å². The molecule has 3 heteroatoms. The highest BCUT2D eigenvalue weighted by Gasteiger charge is 2.17. The van der Waals surface area contributed by atoms with Crippen molar-refractivity contribution < 1.29 is 4.79 Å². The Morgan fingerprint density at radius 2 is 1.85 bits per heavy atom. The number of carbonyl (C=O) groups excluding carboxylic acids is 1. The molecule has 0 bridgehead atoms. The van der Waals surface area contributed by atoms with E-state index in [1.54, 1.807) is 25.2 Å². The van der Waals surface area contributed by atoms with Crippen molar-refractivity contribution in [2.75, 3.05) is 11.9 Å². The second-order valence-electron chi connectivity index (χ2n) is 4.81. The van der Waals surface area contributed by atoms with Crippen LogP contribution in [-0.2, 0) is 0 Å². The van der Waals surface area contributed by atoms with Crippen LogP contribution in [0, 0.1) is 25.2 Å². The molecule has 0 aliphatic rings. The molecule has 0 aliphatic heterocycles. The first-order valence-electron chi connectivity index (χ1n) is 6.39. The molecule has 1 amide bonds. The third kappa shape index (κ3) is 2.55. The van der Waals surface area contributed by atoms with Crippen LogP contribution in [0.2, 0.25) is 0 Å². The number of rotatable bonds is 2. The lowest BCUT2D eigenvalue weighted by Gasteiger charge is -2.19. The van der Waals surface area contributed by atoms with Crippen molar-refractivity contribution >= 4 is 11.6 Å². The number of anilines is 1. The Balaban J connectivity index is 2.41. The fourth-order valence-corrected chi connectivity index (χ4v) is 2.20. The molecule has 0 saturated carbocycles. The predicted octanol–water partition coefficient (Wildman–Crippen LogP) is 3.45. The normalized spacial score (nSPS) is 9.90. The fourth-order valence-electron chi connectivity index (χ4n) is 2.20. The molecule has 0 unspecified atom stereocenters. The van der Waals surface area contributed by atoms with Gasteiger partial charge in [0.2, 0.25) is 0 Å². The van der Waals surface area contributed by atoms with Gasteiger partial charge in [0, 0.05) is 12.6 Å². The first-order chi connectivity index (χ1) is 9.54. The van der Waals surface area contributed by atoms with Gasteiger partial charge in [0.05, 0.1) is 11.3 Å². The summed E-state index contributed by atoms with van der Waals surface area (Å²) < 4.78 is 0. The van der Waals surface area contributed by atoms with E-state index >= 15 is 0 Å². The monoisotopic (exact) mass is 264 g/mol. The molecule has 0 radical (unpaired) electrons. The van der Waals surface area contributed by atoms with E-state index in [9.17, 15) is 4.79 Å². The van der Waals surface area contributed by atoms with Crippen LogP contribution in [0.25, 0.3) is 0 Å². The Morgan fingerprint density at radius 3 is 2.50 bits per heavy atom. The summed E-state index contributed by atoms with van der Waals surface area (Å²) >= 11 is 0. The molecule has 3 nitrogen and oxygen atoms in total. The minimum Gasteiger partial charge on any atom is -0.310 e. The molecule has 2 rings (SSSR count). The Labute approximate surface area is 119 Å². The predicted molar refractivity (Wildman–Crippen MR) is 79.8 cm³/mol. The van der Waals surface area contributed by atoms with Crippen LogP contribution >= 0.6 is 0 Å². The number of nitriles is 1. The Bertz CT molecular complexity index is 698. The third-order valence-corrected chi connectivity index (χ3v) is 3.30. The average Bonchev–Trinajstić information content (AvgIpc) is 2.45. The highest BCUT2D eigenvalue weighted by Crippen LogP contribution is 2.21. The number of hydrogen-bond acceptors (Lipinski definition) is 2. The van der Waals surface area contributed by atoms with Gasteiger partial charge in [0.25, 0.3) is 5.91 Å². The lowest BCUT2D eigenvalue weighted by atomic mass is 10.0. The molecular weight excluding hydrogens is 248 g/mol. The number of nitrogens with zero attached hydrogens (tertiary/aromatic N) is 2. The first kappa shape index (κ1) is 13.8. The van der Waals surface area contributed by atoms with E-state index in [1.807, 2.05) is 38.1 Å². The Kier molecular flexibility index (Phi) is 3.86. The zero-order valence-electron chi connectivity index (χ0n) is 11.8. The van der Waals surface area contributed by atoms with Crippen molar-refractivity contribution in [1.29, 1.82) is 5.26 Å². The minimum atomic E-state index is -0.106. The number of amides is 1. The molecule has 100 valence electrons. The SMILES string of the molecule is Cc1ccc(C(=O)N(C)c2ccccc2C#N)c(C)c1. The van der Waals surface area contributed by atoms with Gasteiger partial charge in [-0.1, -0.05) is 29.8 Å². The van der Waals surface area contributed by atoms with Crippen LogP contribution in [0.15, 0.2) is 42.5 Å². The van der Waals surface area contributed by atoms with Gasteiger partial charge in [-0.3, -0.25) is 4.79 Å². The topological polar surface area (TPSA) is 44.1 Å². The van der Waals surface area contributed by atoms with Gasteiger partial charge in [-0.2, -0.15) is 5.26 Å². The highest BCUT2D eigenvalue weighted by atomic mass is 16.2. The largest absolute Gasteiger partial charge is 0.310 e. The molecule has 20 heavy (non-hydrogen) atoms. The van der Waals surface area contributed by atoms with Gasteiger partial charge in [0.15, 0.2) is 0 Å². The van der Waals surface area contributed by atoms with Crippen LogP contribution in [0.5, 0.6) is 0 Å². The summed E-state index contributed by atoms with van der Waals surface area (Å²) in [6.45, 7) is 3.92. The second kappa shape index (κ2) is 5.58. The summed E-state index contributed by atoms with van der Waals surface area (Å²) in [5.74, 6) is -0.106. The van der Waals surface area contributed by atoms with Crippen molar-refractivity contribution in [1.82, 2.24) is 0 Å². The summed E-state index contributed by atoms with van der Waals surface area (Å²) in [5, 5.41) is 9.12. The maximum absolute atomic E-state index is 12.6. The van der Waals surface area contributed by atoms with Crippen LogP contribution in [-0.4, -0.2) is 13.0 Å². The molecule has 0 spiro atoms. The smallest absolute Gasteiger partial charge is 0.258 e. The summed E-state index contributed by atoms with van der Waals surface area (Å²) in [4.78, 5) is 14.1. The number of benzene rings is 2. The lowest BCUT2D eigenvalue weighted by molar-refractivity contribution is 0.0992. The molecule has 0 heterocycles. The van der Waals surface area contributed by atoms with Crippen LogP contribution in [0.1, 0.15) is 27.0 Å². The van der Waals surface area contributed by atoms with Gasteiger partial charge in [0.1, 0.15) is 6.07 Å². The van der Waals surface area contributed by atoms with Gasteiger partial charge >= 0.3 is 0 Å². The summed E-state index contributed by atoms with van der Waals surface area (Å²) in [5.41, 5.74) is 3.84. The van der Waals surface area contributed by atoms with E-state index in [0.717, 1.165) is 11.1 Å². The van der Waals surface area contributed by atoms with E-state index in [4.69, 9.17) is 5.26 Å². The van der Waals surface area contributed by atoms with E-state index in [1.165, 1.54) is 4.90 Å². The molecular formula is C17H16N2O. The molecule has 2 aromatic rings. The molecule has 2 aromatic carbocycles. The van der Waals surface area contributed by atoms with Crippen LogP contribution < -0.4 is 4.90 Å². The minimum absolute atomic E-state index is 0.106. The van der Waals surface area contributed by atoms with Gasteiger partial charge in [-0.05, 0) is 37.6 Å². The van der Waals surface area contributed by atoms with Crippen LogP contribution in [0.3, 0.4) is 0 Å². The maximum atomic E-state index is 12.6. The van der Waals surface area contributed by atoms with E-state index < -0.39 is 0 Å². The van der Waals surface area contributed by atoms with Crippen molar-refractivity contribution in [2.24, 2.45) is 0 Å². The average molecular weight is 264 g/mol. The Morgan fingerprint density at radius 1 is 1.15 bits per heavy atom. The van der Waals surface area contributed by atoms with Crippen molar-refractivity contribution in [3.63, 3.8) is 0 Å². The van der Waals surface area contributed by atoms with Crippen molar-refractivity contribution in [3.8, 4) is 6.07 Å². The fraction of sp³-hybridized carbons (Fsp3) is 0.176. The van der Waals surface area contributed by atoms with Crippen molar-refractivity contribution in [2.45, 2.75) is 13.8 Å².